The van der Waals surface area contributed by atoms with Gasteiger partial charge in [-0.15, -0.1) is 0 Å². The fraction of sp³-hybridized carbons (Fsp3) is 0.857. The minimum absolute atomic E-state index is 0.0780. The van der Waals surface area contributed by atoms with Crippen molar-refractivity contribution < 1.29 is 19.8 Å². The number of hydrogen-bond donors (Lipinski definition) is 4. The first-order chi connectivity index (χ1) is 9.30. The number of aliphatic hydroxyl groups is 1. The number of rotatable bonds is 6. The molecule has 4 N–H and O–H groups in total. The van der Waals surface area contributed by atoms with Crippen molar-refractivity contribution in [1.29, 1.82) is 0 Å². The van der Waals surface area contributed by atoms with Crippen LogP contribution >= 0.6 is 0 Å². The van der Waals surface area contributed by atoms with Crippen LogP contribution < -0.4 is 10.6 Å². The molecule has 0 aromatic carbocycles. The highest BCUT2D eigenvalue weighted by Gasteiger charge is 2.25. The molecule has 1 fully saturated rings. The van der Waals surface area contributed by atoms with Crippen LogP contribution in [0.5, 0.6) is 0 Å². The highest BCUT2D eigenvalue weighted by molar-refractivity contribution is 5.74. The van der Waals surface area contributed by atoms with E-state index < -0.39 is 18.0 Å². The van der Waals surface area contributed by atoms with E-state index in [0.29, 0.717) is 18.4 Å². The molecule has 0 saturated heterocycles. The van der Waals surface area contributed by atoms with E-state index in [2.05, 4.69) is 17.6 Å². The van der Waals surface area contributed by atoms with Gasteiger partial charge >= 0.3 is 12.0 Å². The van der Waals surface area contributed by atoms with Gasteiger partial charge in [0.1, 0.15) is 0 Å². The third-order valence-corrected chi connectivity index (χ3v) is 3.98. The Morgan fingerprint density at radius 2 is 1.90 bits per heavy atom. The number of urea groups is 1. The van der Waals surface area contributed by atoms with E-state index in [1.807, 2.05) is 0 Å². The smallest absolute Gasteiger partial charge is 0.314 e. The summed E-state index contributed by atoms with van der Waals surface area (Å²) in [6.45, 7) is 4.16. The number of nitrogens with one attached hydrogen (secondary N) is 2. The van der Waals surface area contributed by atoms with Gasteiger partial charge in [-0.05, 0) is 25.2 Å². The van der Waals surface area contributed by atoms with Crippen molar-refractivity contribution in [3.05, 3.63) is 0 Å². The van der Waals surface area contributed by atoms with E-state index in [9.17, 15) is 14.7 Å². The normalized spacial score (nSPS) is 25.6. The molecule has 1 aliphatic rings. The molecule has 0 aromatic rings. The van der Waals surface area contributed by atoms with Crippen LogP contribution in [0.3, 0.4) is 0 Å². The van der Waals surface area contributed by atoms with Crippen LogP contribution in [0.15, 0.2) is 0 Å². The Balaban J connectivity index is 2.24. The van der Waals surface area contributed by atoms with E-state index in [1.165, 1.54) is 26.2 Å². The number of amides is 2. The monoisotopic (exact) mass is 286 g/mol. The Bertz CT molecular complexity index is 344. The summed E-state index contributed by atoms with van der Waals surface area (Å²) in [4.78, 5) is 22.2. The zero-order valence-electron chi connectivity index (χ0n) is 12.3. The first kappa shape index (κ1) is 16.8. The minimum Gasteiger partial charge on any atom is -0.481 e. The van der Waals surface area contributed by atoms with Crippen LogP contribution in [0.25, 0.3) is 0 Å². The first-order valence-corrected chi connectivity index (χ1v) is 7.26. The number of carboxylic acid groups (broad SMARTS) is 1. The highest BCUT2D eigenvalue weighted by Crippen LogP contribution is 2.28. The third-order valence-electron chi connectivity index (χ3n) is 3.98. The summed E-state index contributed by atoms with van der Waals surface area (Å²) in [5, 5.41) is 23.7. The molecular formula is C14H26N2O4. The topological polar surface area (TPSA) is 98.7 Å². The van der Waals surface area contributed by atoms with Crippen LogP contribution in [0, 0.1) is 11.8 Å². The van der Waals surface area contributed by atoms with Crippen molar-refractivity contribution in [1.82, 2.24) is 10.6 Å². The Morgan fingerprint density at radius 3 is 2.50 bits per heavy atom. The molecule has 0 heterocycles. The van der Waals surface area contributed by atoms with E-state index in [4.69, 9.17) is 5.11 Å². The van der Waals surface area contributed by atoms with Crippen LogP contribution in [0.1, 0.15) is 46.0 Å². The summed E-state index contributed by atoms with van der Waals surface area (Å²) in [6.07, 6.45) is 4.43. The third kappa shape index (κ3) is 6.23. The van der Waals surface area contributed by atoms with Crippen molar-refractivity contribution in [2.75, 3.05) is 13.1 Å². The Labute approximate surface area is 119 Å². The Hall–Kier alpha value is -1.30. The second kappa shape index (κ2) is 7.47. The van der Waals surface area contributed by atoms with Gasteiger partial charge in [-0.3, -0.25) is 4.79 Å². The number of carbonyl (C=O) groups excluding carboxylic acids is 1. The molecule has 0 bridgehead atoms. The van der Waals surface area contributed by atoms with Crippen LogP contribution in [0.2, 0.25) is 0 Å². The maximum absolute atomic E-state index is 11.6. The predicted molar refractivity (Wildman–Crippen MR) is 75.4 cm³/mol. The fourth-order valence-electron chi connectivity index (χ4n) is 2.64. The summed E-state index contributed by atoms with van der Waals surface area (Å²) in [5.74, 6) is 0.0430. The average molecular weight is 286 g/mol. The molecular weight excluding hydrogens is 260 g/mol. The number of hydrogen-bond acceptors (Lipinski definition) is 3. The largest absolute Gasteiger partial charge is 0.481 e. The van der Waals surface area contributed by atoms with Crippen molar-refractivity contribution in [2.45, 2.75) is 51.6 Å². The molecule has 2 amide bonds. The maximum atomic E-state index is 11.6. The second-order valence-corrected chi connectivity index (χ2v) is 6.15. The lowest BCUT2D eigenvalue weighted by Crippen LogP contribution is -2.47. The highest BCUT2D eigenvalue weighted by atomic mass is 16.4. The molecule has 0 aliphatic heterocycles. The lowest BCUT2D eigenvalue weighted by molar-refractivity contribution is -0.141. The summed E-state index contributed by atoms with van der Waals surface area (Å²) in [6, 6.07) is -0.353. The summed E-state index contributed by atoms with van der Waals surface area (Å²) >= 11 is 0. The molecule has 0 spiro atoms. The van der Waals surface area contributed by atoms with Gasteiger partial charge in [-0.25, -0.2) is 4.79 Å². The van der Waals surface area contributed by atoms with E-state index >= 15 is 0 Å². The Kier molecular flexibility index (Phi) is 6.26. The van der Waals surface area contributed by atoms with Gasteiger partial charge in [-0.1, -0.05) is 26.2 Å². The number of carboxylic acids is 1. The van der Waals surface area contributed by atoms with Gasteiger partial charge in [0.25, 0.3) is 0 Å². The lowest BCUT2D eigenvalue weighted by Gasteiger charge is -2.29. The van der Waals surface area contributed by atoms with E-state index in [1.54, 1.807) is 0 Å². The Morgan fingerprint density at radius 1 is 1.25 bits per heavy atom. The summed E-state index contributed by atoms with van der Waals surface area (Å²) < 4.78 is 0. The van der Waals surface area contributed by atoms with Crippen molar-refractivity contribution >= 4 is 12.0 Å². The molecule has 3 atom stereocenters. The van der Waals surface area contributed by atoms with Gasteiger partial charge in [-0.2, -0.15) is 0 Å². The average Bonchev–Trinajstić information content (AvgIpc) is 2.34. The maximum Gasteiger partial charge on any atom is 0.314 e. The van der Waals surface area contributed by atoms with Gasteiger partial charge in [0.15, 0.2) is 0 Å². The molecule has 6 heteroatoms. The van der Waals surface area contributed by atoms with Crippen molar-refractivity contribution in [2.24, 2.45) is 11.8 Å². The van der Waals surface area contributed by atoms with Gasteiger partial charge < -0.3 is 20.8 Å². The summed E-state index contributed by atoms with van der Waals surface area (Å²) in [5.41, 5.74) is -1.43. The standard InChI is InChI=1S/C14H26N2O4/c1-10-5-3-4-6-11(10)8-15-13(19)16-9-14(2,20)7-12(17)18/h10-11,20H,3-9H2,1-2H3,(H,17,18)(H2,15,16,19). The zero-order chi connectivity index (χ0) is 15.2. The molecule has 6 nitrogen and oxygen atoms in total. The SMILES string of the molecule is CC1CCCCC1CNC(=O)NCC(C)(O)CC(=O)O. The van der Waals surface area contributed by atoms with E-state index in [0.717, 1.165) is 6.42 Å². The lowest BCUT2D eigenvalue weighted by atomic mass is 9.80. The minimum atomic E-state index is -1.43. The van der Waals surface area contributed by atoms with E-state index in [-0.39, 0.29) is 12.6 Å². The van der Waals surface area contributed by atoms with Crippen molar-refractivity contribution in [3.63, 3.8) is 0 Å². The first-order valence-electron chi connectivity index (χ1n) is 7.26. The predicted octanol–water partition coefficient (Wildman–Crippen LogP) is 1.34. The van der Waals surface area contributed by atoms with Crippen LogP contribution in [-0.2, 0) is 4.79 Å². The molecule has 3 unspecified atom stereocenters. The molecule has 0 radical (unpaired) electrons. The number of carbonyl (C=O) groups is 2. The van der Waals surface area contributed by atoms with Crippen LogP contribution in [-0.4, -0.2) is 40.9 Å². The van der Waals surface area contributed by atoms with Gasteiger partial charge in [0.05, 0.1) is 12.0 Å². The summed E-state index contributed by atoms with van der Waals surface area (Å²) in [7, 11) is 0. The van der Waals surface area contributed by atoms with Gasteiger partial charge in [0, 0.05) is 13.1 Å². The number of aliphatic carboxylic acids is 1. The second-order valence-electron chi connectivity index (χ2n) is 6.15. The quantitative estimate of drug-likeness (QED) is 0.592. The zero-order valence-corrected chi connectivity index (χ0v) is 12.3. The molecule has 20 heavy (non-hydrogen) atoms. The molecule has 1 rings (SSSR count). The molecule has 116 valence electrons. The van der Waals surface area contributed by atoms with Gasteiger partial charge in [0.2, 0.25) is 0 Å². The fourth-order valence-corrected chi connectivity index (χ4v) is 2.64. The molecule has 1 saturated carbocycles. The molecule has 0 aromatic heterocycles. The molecule has 1 aliphatic carbocycles. The van der Waals surface area contributed by atoms with Crippen LogP contribution in [0.4, 0.5) is 4.79 Å². The van der Waals surface area contributed by atoms with Crippen molar-refractivity contribution in [3.8, 4) is 0 Å².